The number of nitrogens with one attached hydrogen (secondary N) is 2. The van der Waals surface area contributed by atoms with E-state index in [0.29, 0.717) is 18.7 Å². The number of rotatable bonds is 3. The lowest BCUT2D eigenvalue weighted by molar-refractivity contribution is -0.133. The maximum absolute atomic E-state index is 11.8. The molecule has 0 aliphatic carbocycles. The molecule has 0 saturated carbocycles. The van der Waals surface area contributed by atoms with Crippen LogP contribution in [0.3, 0.4) is 0 Å². The van der Waals surface area contributed by atoms with E-state index in [1.165, 1.54) is 0 Å². The molecule has 1 atom stereocenters. The number of carbonyl (C=O) groups excluding carboxylic acids is 2. The van der Waals surface area contributed by atoms with Gasteiger partial charge in [-0.3, -0.25) is 14.9 Å². The highest BCUT2D eigenvalue weighted by Crippen LogP contribution is 2.26. The maximum atomic E-state index is 11.8. The minimum Gasteiger partial charge on any atom is -0.497 e. The third kappa shape index (κ3) is 2.65. The van der Waals surface area contributed by atoms with Gasteiger partial charge in [-0.15, -0.1) is 0 Å². The SMILES string of the molecule is COc1ccc2ccnc(NC3CCC(=O)NC3=O)c2c1. The van der Waals surface area contributed by atoms with Crippen molar-refractivity contribution >= 4 is 28.4 Å². The van der Waals surface area contributed by atoms with Crippen LogP contribution >= 0.6 is 0 Å². The van der Waals surface area contributed by atoms with E-state index in [9.17, 15) is 9.59 Å². The van der Waals surface area contributed by atoms with Gasteiger partial charge >= 0.3 is 0 Å². The number of imide groups is 1. The number of anilines is 1. The molecule has 6 heteroatoms. The fraction of sp³-hybridized carbons (Fsp3) is 0.267. The fourth-order valence-electron chi connectivity index (χ4n) is 2.39. The van der Waals surface area contributed by atoms with Gasteiger partial charge in [0.1, 0.15) is 17.6 Å². The van der Waals surface area contributed by atoms with Crippen molar-refractivity contribution in [1.29, 1.82) is 0 Å². The second-order valence-electron chi connectivity index (χ2n) is 4.89. The number of nitrogens with zero attached hydrogens (tertiary/aromatic N) is 1. The summed E-state index contributed by atoms with van der Waals surface area (Å²) < 4.78 is 5.22. The molecule has 0 spiro atoms. The summed E-state index contributed by atoms with van der Waals surface area (Å²) >= 11 is 0. The Bertz CT molecular complexity index is 714. The maximum Gasteiger partial charge on any atom is 0.249 e. The van der Waals surface area contributed by atoms with Crippen molar-refractivity contribution in [2.45, 2.75) is 18.9 Å². The average Bonchev–Trinajstić information content (AvgIpc) is 2.50. The minimum absolute atomic E-state index is 0.231. The summed E-state index contributed by atoms with van der Waals surface area (Å²) in [5.41, 5.74) is 0. The fourth-order valence-corrected chi connectivity index (χ4v) is 2.39. The lowest BCUT2D eigenvalue weighted by Crippen LogP contribution is -2.47. The van der Waals surface area contributed by atoms with E-state index in [-0.39, 0.29) is 11.8 Å². The van der Waals surface area contributed by atoms with Gasteiger partial charge in [-0.1, -0.05) is 6.07 Å². The molecule has 6 nitrogen and oxygen atoms in total. The smallest absolute Gasteiger partial charge is 0.249 e. The highest BCUT2D eigenvalue weighted by molar-refractivity contribution is 6.02. The molecule has 1 aromatic carbocycles. The van der Waals surface area contributed by atoms with Gasteiger partial charge in [0.2, 0.25) is 11.8 Å². The third-order valence-corrected chi connectivity index (χ3v) is 3.52. The van der Waals surface area contributed by atoms with Crippen LogP contribution in [0.2, 0.25) is 0 Å². The van der Waals surface area contributed by atoms with E-state index < -0.39 is 6.04 Å². The van der Waals surface area contributed by atoms with Gasteiger partial charge in [0.25, 0.3) is 0 Å². The van der Waals surface area contributed by atoms with Crippen LogP contribution in [0.1, 0.15) is 12.8 Å². The van der Waals surface area contributed by atoms with Crippen LogP contribution in [0, 0.1) is 0 Å². The quantitative estimate of drug-likeness (QED) is 0.835. The second-order valence-corrected chi connectivity index (χ2v) is 4.89. The van der Waals surface area contributed by atoms with E-state index in [4.69, 9.17) is 4.74 Å². The number of hydrogen-bond donors (Lipinski definition) is 2. The number of fused-ring (bicyclic) bond motifs is 1. The molecular formula is C15H15N3O3. The van der Waals surface area contributed by atoms with Crippen LogP contribution in [0.25, 0.3) is 10.8 Å². The summed E-state index contributed by atoms with van der Waals surface area (Å²) in [7, 11) is 1.60. The summed E-state index contributed by atoms with van der Waals surface area (Å²) in [4.78, 5) is 27.3. The number of carbonyl (C=O) groups is 2. The van der Waals surface area contributed by atoms with E-state index >= 15 is 0 Å². The first-order valence-corrected chi connectivity index (χ1v) is 6.70. The molecule has 1 saturated heterocycles. The molecule has 2 aromatic rings. The number of hydrogen-bond acceptors (Lipinski definition) is 5. The van der Waals surface area contributed by atoms with Gasteiger partial charge in [0.05, 0.1) is 7.11 Å². The standard InChI is InChI=1S/C15H15N3O3/c1-21-10-3-2-9-6-7-16-14(11(9)8-10)17-12-4-5-13(19)18-15(12)20/h2-3,6-8,12H,4-5H2,1H3,(H,16,17)(H,18,19,20). The molecule has 0 radical (unpaired) electrons. The zero-order valence-corrected chi connectivity index (χ0v) is 11.6. The van der Waals surface area contributed by atoms with Gasteiger partial charge in [0.15, 0.2) is 0 Å². The molecule has 1 aromatic heterocycles. The summed E-state index contributed by atoms with van der Waals surface area (Å²) in [5.74, 6) is 0.793. The second kappa shape index (κ2) is 5.40. The zero-order chi connectivity index (χ0) is 14.8. The van der Waals surface area contributed by atoms with Crippen LogP contribution in [-0.2, 0) is 9.59 Å². The van der Waals surface area contributed by atoms with Crippen molar-refractivity contribution in [3.05, 3.63) is 30.5 Å². The Kier molecular flexibility index (Phi) is 3.43. The number of aromatic nitrogens is 1. The first-order valence-electron chi connectivity index (χ1n) is 6.70. The summed E-state index contributed by atoms with van der Waals surface area (Å²) in [6, 6.07) is 7.12. The van der Waals surface area contributed by atoms with Crippen molar-refractivity contribution in [1.82, 2.24) is 10.3 Å². The van der Waals surface area contributed by atoms with E-state index in [1.54, 1.807) is 13.3 Å². The average molecular weight is 285 g/mol. The highest BCUT2D eigenvalue weighted by Gasteiger charge is 2.27. The Morgan fingerprint density at radius 2 is 2.19 bits per heavy atom. The van der Waals surface area contributed by atoms with Crippen molar-refractivity contribution in [3.63, 3.8) is 0 Å². The Hall–Kier alpha value is -2.63. The molecule has 2 amide bonds. The van der Waals surface area contributed by atoms with E-state index in [2.05, 4.69) is 15.6 Å². The number of ether oxygens (including phenoxy) is 1. The molecule has 1 fully saturated rings. The van der Waals surface area contributed by atoms with Gasteiger partial charge in [-0.05, 0) is 30.0 Å². The third-order valence-electron chi connectivity index (χ3n) is 3.52. The zero-order valence-electron chi connectivity index (χ0n) is 11.6. The Balaban J connectivity index is 1.93. The topological polar surface area (TPSA) is 80.3 Å². The normalized spacial score (nSPS) is 18.4. The molecule has 2 N–H and O–H groups in total. The molecule has 2 heterocycles. The summed E-state index contributed by atoms with van der Waals surface area (Å²) in [6.07, 6.45) is 2.48. The largest absolute Gasteiger partial charge is 0.497 e. The van der Waals surface area contributed by atoms with Crippen LogP contribution in [0.15, 0.2) is 30.5 Å². The molecule has 1 aliphatic heterocycles. The lowest BCUT2D eigenvalue weighted by Gasteiger charge is -2.22. The molecule has 1 aliphatic rings. The monoisotopic (exact) mass is 285 g/mol. The molecule has 108 valence electrons. The molecule has 1 unspecified atom stereocenters. The van der Waals surface area contributed by atoms with Gasteiger partial charge in [0, 0.05) is 18.0 Å². The molecule has 3 rings (SSSR count). The van der Waals surface area contributed by atoms with E-state index in [1.807, 2.05) is 24.3 Å². The number of methoxy groups -OCH3 is 1. The van der Waals surface area contributed by atoms with E-state index in [0.717, 1.165) is 16.5 Å². The molecule has 0 bridgehead atoms. The number of benzene rings is 1. The van der Waals surface area contributed by atoms with Crippen molar-refractivity contribution in [2.75, 3.05) is 12.4 Å². The van der Waals surface area contributed by atoms with Crippen molar-refractivity contribution in [2.24, 2.45) is 0 Å². The summed E-state index contributed by atoms with van der Waals surface area (Å²) in [6.45, 7) is 0. The van der Waals surface area contributed by atoms with Crippen molar-refractivity contribution in [3.8, 4) is 5.75 Å². The van der Waals surface area contributed by atoms with Gasteiger partial charge < -0.3 is 10.1 Å². The van der Waals surface area contributed by atoms with Crippen LogP contribution in [-0.4, -0.2) is 29.9 Å². The lowest BCUT2D eigenvalue weighted by atomic mass is 10.1. The Labute approximate surface area is 121 Å². The van der Waals surface area contributed by atoms with Crippen LogP contribution in [0.4, 0.5) is 5.82 Å². The first-order chi connectivity index (χ1) is 10.2. The highest BCUT2D eigenvalue weighted by atomic mass is 16.5. The summed E-state index contributed by atoms with van der Waals surface area (Å²) in [5, 5.41) is 7.32. The predicted molar refractivity (Wildman–Crippen MR) is 78.1 cm³/mol. The number of pyridine rings is 1. The molecular weight excluding hydrogens is 270 g/mol. The Morgan fingerprint density at radius 1 is 1.33 bits per heavy atom. The van der Waals surface area contributed by atoms with Crippen molar-refractivity contribution < 1.29 is 14.3 Å². The van der Waals surface area contributed by atoms with Gasteiger partial charge in [-0.25, -0.2) is 4.98 Å². The first kappa shape index (κ1) is 13.4. The van der Waals surface area contributed by atoms with Gasteiger partial charge in [-0.2, -0.15) is 0 Å². The Morgan fingerprint density at radius 3 is 2.95 bits per heavy atom. The minimum atomic E-state index is -0.452. The molecule has 21 heavy (non-hydrogen) atoms. The van der Waals surface area contributed by atoms with Crippen LogP contribution < -0.4 is 15.4 Å². The number of piperidine rings is 1. The number of amides is 2. The van der Waals surface area contributed by atoms with Crippen LogP contribution in [0.5, 0.6) is 5.75 Å². The predicted octanol–water partition coefficient (Wildman–Crippen LogP) is 1.46.